The van der Waals surface area contributed by atoms with E-state index >= 15 is 0 Å². The summed E-state index contributed by atoms with van der Waals surface area (Å²) in [4.78, 5) is 37.4. The van der Waals surface area contributed by atoms with Crippen molar-refractivity contribution in [1.29, 1.82) is 0 Å². The Kier molecular flexibility index (Phi) is 6.31. The summed E-state index contributed by atoms with van der Waals surface area (Å²) in [5.41, 5.74) is 12.8. The van der Waals surface area contributed by atoms with Gasteiger partial charge in [-0.3, -0.25) is 9.69 Å². The predicted octanol–water partition coefficient (Wildman–Crippen LogP) is 0.170. The van der Waals surface area contributed by atoms with Crippen LogP contribution >= 0.6 is 11.3 Å². The quantitative estimate of drug-likeness (QED) is 0.531. The second-order valence-electron chi connectivity index (χ2n) is 8.09. The second kappa shape index (κ2) is 9.51. The number of carbonyl (C=O) groups is 1. The summed E-state index contributed by atoms with van der Waals surface area (Å²) in [5, 5.41) is 0. The zero-order valence-corrected chi connectivity index (χ0v) is 19.1. The summed E-state index contributed by atoms with van der Waals surface area (Å²) in [5.74, 6) is 1.74. The van der Waals surface area contributed by atoms with Crippen molar-refractivity contribution in [1.82, 2.24) is 29.7 Å². The molecule has 5 rings (SSSR count). The highest BCUT2D eigenvalue weighted by Crippen LogP contribution is 2.35. The molecule has 2 saturated heterocycles. The standard InChI is InChI=1S/C21H27N9O2S/c22-10-17(31)29-3-1-28(2-4-29)13-15-9-16-18(33-15)20(30-5-7-32-8-6-30)27-19(26-16)14-11-24-21(23)25-12-14/h9,11-12H,1-8,10,13,22H2,(H2,23,24,25). The lowest BCUT2D eigenvalue weighted by molar-refractivity contribution is -0.131. The number of anilines is 2. The van der Waals surface area contributed by atoms with Gasteiger partial charge in [0.05, 0.1) is 35.5 Å². The third-order valence-corrected chi connectivity index (χ3v) is 7.03. The molecule has 0 aliphatic carbocycles. The van der Waals surface area contributed by atoms with Crippen LogP contribution in [0.5, 0.6) is 0 Å². The Balaban J connectivity index is 1.43. The van der Waals surface area contributed by atoms with Gasteiger partial charge in [0, 0.05) is 63.1 Å². The molecule has 5 heterocycles. The van der Waals surface area contributed by atoms with Crippen molar-refractivity contribution in [3.63, 3.8) is 0 Å². The summed E-state index contributed by atoms with van der Waals surface area (Å²) in [6.07, 6.45) is 3.31. The van der Waals surface area contributed by atoms with Gasteiger partial charge in [-0.15, -0.1) is 11.3 Å². The molecular formula is C21H27N9O2S. The maximum absolute atomic E-state index is 11.8. The van der Waals surface area contributed by atoms with Gasteiger partial charge in [-0.05, 0) is 6.07 Å². The van der Waals surface area contributed by atoms with Crippen molar-refractivity contribution in [3.8, 4) is 11.4 Å². The monoisotopic (exact) mass is 469 g/mol. The number of nitrogen functional groups attached to an aromatic ring is 1. The molecule has 2 fully saturated rings. The minimum atomic E-state index is 0.0149. The van der Waals surface area contributed by atoms with Crippen molar-refractivity contribution in [2.24, 2.45) is 5.73 Å². The summed E-state index contributed by atoms with van der Waals surface area (Å²) in [6, 6.07) is 2.14. The molecule has 2 aliphatic rings. The Bertz CT molecular complexity index is 1120. The first-order chi connectivity index (χ1) is 16.1. The average molecular weight is 470 g/mol. The molecule has 0 radical (unpaired) electrons. The number of amides is 1. The molecule has 4 N–H and O–H groups in total. The van der Waals surface area contributed by atoms with Crippen LogP contribution in [-0.2, 0) is 16.1 Å². The Morgan fingerprint density at radius 3 is 2.48 bits per heavy atom. The van der Waals surface area contributed by atoms with E-state index in [0.717, 1.165) is 54.3 Å². The summed E-state index contributed by atoms with van der Waals surface area (Å²) < 4.78 is 6.62. The molecule has 0 saturated carbocycles. The number of nitrogens with two attached hydrogens (primary N) is 2. The first kappa shape index (κ1) is 21.9. The van der Waals surface area contributed by atoms with Gasteiger partial charge < -0.3 is 26.0 Å². The summed E-state index contributed by atoms with van der Waals surface area (Å²) in [6.45, 7) is 6.89. The van der Waals surface area contributed by atoms with Crippen LogP contribution in [0.2, 0.25) is 0 Å². The van der Waals surface area contributed by atoms with Gasteiger partial charge in [-0.2, -0.15) is 0 Å². The van der Waals surface area contributed by atoms with Crippen molar-refractivity contribution >= 4 is 39.2 Å². The molecule has 2 aliphatic heterocycles. The Labute approximate surface area is 195 Å². The van der Waals surface area contributed by atoms with Gasteiger partial charge in [0.1, 0.15) is 0 Å². The maximum Gasteiger partial charge on any atom is 0.236 e. The highest BCUT2D eigenvalue weighted by Gasteiger charge is 2.23. The van der Waals surface area contributed by atoms with E-state index in [1.54, 1.807) is 23.7 Å². The van der Waals surface area contributed by atoms with E-state index in [4.69, 9.17) is 26.2 Å². The Morgan fingerprint density at radius 1 is 1.06 bits per heavy atom. The molecule has 0 spiro atoms. The number of thiophene rings is 1. The highest BCUT2D eigenvalue weighted by molar-refractivity contribution is 7.19. The Hall–Kier alpha value is -2.93. The first-order valence-electron chi connectivity index (χ1n) is 11.0. The van der Waals surface area contributed by atoms with Gasteiger partial charge in [0.15, 0.2) is 11.6 Å². The van der Waals surface area contributed by atoms with Crippen molar-refractivity contribution in [2.75, 3.05) is 69.7 Å². The van der Waals surface area contributed by atoms with Gasteiger partial charge in [-0.25, -0.2) is 19.9 Å². The number of hydrogen-bond donors (Lipinski definition) is 2. The number of nitrogens with zero attached hydrogens (tertiary/aromatic N) is 7. The van der Waals surface area contributed by atoms with Gasteiger partial charge in [0.25, 0.3) is 0 Å². The number of carbonyl (C=O) groups excluding carboxylic acids is 1. The van der Waals surface area contributed by atoms with E-state index in [2.05, 4.69) is 25.8 Å². The molecule has 0 unspecified atom stereocenters. The summed E-state index contributed by atoms with van der Waals surface area (Å²) in [7, 11) is 0. The number of piperazine rings is 1. The van der Waals surface area contributed by atoms with Gasteiger partial charge in [0.2, 0.25) is 11.9 Å². The van der Waals surface area contributed by atoms with E-state index in [1.165, 1.54) is 4.88 Å². The Morgan fingerprint density at radius 2 is 1.79 bits per heavy atom. The fourth-order valence-electron chi connectivity index (χ4n) is 4.12. The van der Waals surface area contributed by atoms with Crippen LogP contribution < -0.4 is 16.4 Å². The molecule has 11 nitrogen and oxygen atoms in total. The lowest BCUT2D eigenvalue weighted by Gasteiger charge is -2.34. The van der Waals surface area contributed by atoms with Crippen LogP contribution in [0, 0.1) is 0 Å². The van der Waals surface area contributed by atoms with Crippen LogP contribution in [0.3, 0.4) is 0 Å². The number of fused-ring (bicyclic) bond motifs is 1. The molecule has 3 aromatic rings. The third-order valence-electron chi connectivity index (χ3n) is 5.92. The van der Waals surface area contributed by atoms with E-state index in [1.807, 2.05) is 4.90 Å². The van der Waals surface area contributed by atoms with Crippen LogP contribution in [0.25, 0.3) is 21.6 Å². The normalized spacial score (nSPS) is 17.6. The largest absolute Gasteiger partial charge is 0.378 e. The summed E-state index contributed by atoms with van der Waals surface area (Å²) >= 11 is 1.73. The number of morpholine rings is 1. The van der Waals surface area contributed by atoms with Gasteiger partial charge in [-0.1, -0.05) is 0 Å². The number of hydrogen-bond acceptors (Lipinski definition) is 11. The van der Waals surface area contributed by atoms with E-state index in [9.17, 15) is 4.79 Å². The smallest absolute Gasteiger partial charge is 0.236 e. The number of rotatable bonds is 5. The van der Waals surface area contributed by atoms with E-state index in [0.29, 0.717) is 32.1 Å². The van der Waals surface area contributed by atoms with Crippen molar-refractivity contribution in [3.05, 3.63) is 23.3 Å². The minimum Gasteiger partial charge on any atom is -0.378 e. The molecule has 0 aromatic carbocycles. The zero-order chi connectivity index (χ0) is 22.8. The molecule has 12 heteroatoms. The predicted molar refractivity (Wildman–Crippen MR) is 127 cm³/mol. The van der Waals surface area contributed by atoms with Gasteiger partial charge >= 0.3 is 0 Å². The molecule has 1 amide bonds. The third kappa shape index (κ3) is 4.74. The number of aromatic nitrogens is 4. The highest BCUT2D eigenvalue weighted by atomic mass is 32.1. The SMILES string of the molecule is NCC(=O)N1CCN(Cc2cc3nc(-c4cnc(N)nc4)nc(N4CCOCC4)c3s2)CC1. The van der Waals surface area contributed by atoms with Crippen molar-refractivity contribution in [2.45, 2.75) is 6.54 Å². The van der Waals surface area contributed by atoms with E-state index in [-0.39, 0.29) is 18.4 Å². The zero-order valence-electron chi connectivity index (χ0n) is 18.3. The molecule has 3 aromatic heterocycles. The average Bonchev–Trinajstić information content (AvgIpc) is 3.26. The fourth-order valence-corrected chi connectivity index (χ4v) is 5.27. The van der Waals surface area contributed by atoms with Crippen LogP contribution in [-0.4, -0.2) is 94.7 Å². The fraction of sp³-hybridized carbons (Fsp3) is 0.476. The van der Waals surface area contributed by atoms with Crippen LogP contribution in [0.15, 0.2) is 18.5 Å². The van der Waals surface area contributed by atoms with Crippen molar-refractivity contribution < 1.29 is 9.53 Å². The molecule has 33 heavy (non-hydrogen) atoms. The minimum absolute atomic E-state index is 0.0149. The maximum atomic E-state index is 11.8. The first-order valence-corrected chi connectivity index (χ1v) is 11.8. The molecule has 0 atom stereocenters. The molecule has 0 bridgehead atoms. The van der Waals surface area contributed by atoms with E-state index < -0.39 is 0 Å². The second-order valence-corrected chi connectivity index (χ2v) is 9.23. The molecular weight excluding hydrogens is 442 g/mol. The number of ether oxygens (including phenoxy) is 1. The lowest BCUT2D eigenvalue weighted by Crippen LogP contribution is -2.49. The van der Waals surface area contributed by atoms with Crippen LogP contribution in [0.4, 0.5) is 11.8 Å². The molecule has 174 valence electrons. The van der Waals surface area contributed by atoms with Crippen LogP contribution in [0.1, 0.15) is 4.88 Å². The topological polar surface area (TPSA) is 140 Å². The lowest BCUT2D eigenvalue weighted by atomic mass is 10.2.